The maximum atomic E-state index is 13.4. The quantitative estimate of drug-likeness (QED) is 0.263. The van der Waals surface area contributed by atoms with Crippen LogP contribution in [0.4, 0.5) is 0 Å². The van der Waals surface area contributed by atoms with Crippen LogP contribution in [0.25, 0.3) is 28.0 Å². The van der Waals surface area contributed by atoms with Gasteiger partial charge in [0.1, 0.15) is 11.4 Å². The van der Waals surface area contributed by atoms with E-state index in [1.54, 1.807) is 12.3 Å². The van der Waals surface area contributed by atoms with E-state index >= 15 is 0 Å². The fourth-order valence-electron chi connectivity index (χ4n) is 4.46. The molecule has 0 fully saturated rings. The highest BCUT2D eigenvalue weighted by Crippen LogP contribution is 2.24. The average molecular weight is 491 g/mol. The Morgan fingerprint density at radius 2 is 1.57 bits per heavy atom. The van der Waals surface area contributed by atoms with Crippen molar-refractivity contribution >= 4 is 17.1 Å². The van der Waals surface area contributed by atoms with Crippen LogP contribution in [0.5, 0.6) is 5.75 Å². The number of hydrogen-bond donors (Lipinski definition) is 0. The van der Waals surface area contributed by atoms with E-state index in [0.717, 1.165) is 34.0 Å². The summed E-state index contributed by atoms with van der Waals surface area (Å²) in [7, 11) is 0. The van der Waals surface area contributed by atoms with Gasteiger partial charge in [0.15, 0.2) is 5.82 Å². The van der Waals surface area contributed by atoms with Crippen molar-refractivity contribution in [2.75, 3.05) is 0 Å². The lowest BCUT2D eigenvalue weighted by Gasteiger charge is -2.21. The van der Waals surface area contributed by atoms with Crippen LogP contribution in [-0.4, -0.2) is 26.0 Å². The minimum atomic E-state index is -0.251. The lowest BCUT2D eigenvalue weighted by atomic mass is 10.2. The van der Waals surface area contributed by atoms with Gasteiger partial charge >= 0.3 is 0 Å². The Hall–Kier alpha value is -4.45. The van der Waals surface area contributed by atoms with Gasteiger partial charge in [0.05, 0.1) is 17.1 Å². The predicted molar refractivity (Wildman–Crippen MR) is 150 cm³/mol. The number of para-hydroxylation sites is 1. The van der Waals surface area contributed by atoms with Crippen molar-refractivity contribution < 1.29 is 4.74 Å². The molecule has 0 unspecified atom stereocenters. The smallest absolute Gasteiger partial charge is 0.282 e. The van der Waals surface area contributed by atoms with Crippen molar-refractivity contribution in [2.24, 2.45) is 5.10 Å². The van der Waals surface area contributed by atoms with Crippen LogP contribution in [0.3, 0.4) is 0 Å². The number of benzene rings is 3. The van der Waals surface area contributed by atoms with Gasteiger partial charge in [-0.2, -0.15) is 9.78 Å². The largest absolute Gasteiger partial charge is 0.488 e. The van der Waals surface area contributed by atoms with Crippen LogP contribution in [0.1, 0.15) is 37.7 Å². The molecule has 186 valence electrons. The van der Waals surface area contributed by atoms with Crippen LogP contribution < -0.4 is 10.3 Å². The summed E-state index contributed by atoms with van der Waals surface area (Å²) in [5.74, 6) is 1.33. The third-order valence-corrected chi connectivity index (χ3v) is 6.09. The van der Waals surface area contributed by atoms with E-state index in [2.05, 4.69) is 22.7 Å². The molecule has 0 radical (unpaired) electrons. The van der Waals surface area contributed by atoms with Crippen molar-refractivity contribution in [3.63, 3.8) is 0 Å². The van der Waals surface area contributed by atoms with Crippen molar-refractivity contribution in [3.8, 4) is 22.8 Å². The summed E-state index contributed by atoms with van der Waals surface area (Å²) in [5, 5.41) is 5.18. The van der Waals surface area contributed by atoms with E-state index in [1.807, 2.05) is 100 Å². The number of hydrogen-bond acceptors (Lipinski definition) is 4. The molecule has 2 aromatic heterocycles. The molecule has 0 spiro atoms. The van der Waals surface area contributed by atoms with Gasteiger partial charge in [-0.3, -0.25) is 4.79 Å². The molecule has 2 heterocycles. The summed E-state index contributed by atoms with van der Waals surface area (Å²) in [6, 6.07) is 27.1. The maximum absolute atomic E-state index is 13.4. The van der Waals surface area contributed by atoms with Crippen molar-refractivity contribution in [1.29, 1.82) is 0 Å². The highest BCUT2D eigenvalue weighted by molar-refractivity contribution is 5.83. The molecule has 5 aromatic rings. The van der Waals surface area contributed by atoms with Gasteiger partial charge in [-0.05, 0) is 77.1 Å². The number of aromatic nitrogens is 3. The molecule has 0 aliphatic carbocycles. The molecule has 0 N–H and O–H groups in total. The second-order valence-corrected chi connectivity index (χ2v) is 10.1. The van der Waals surface area contributed by atoms with Crippen molar-refractivity contribution in [3.05, 3.63) is 112 Å². The first-order valence-electron chi connectivity index (χ1n) is 12.3. The third kappa shape index (κ3) is 4.96. The zero-order valence-electron chi connectivity index (χ0n) is 21.8. The molecule has 0 saturated carbocycles. The lowest BCUT2D eigenvalue weighted by Crippen LogP contribution is -2.22. The minimum absolute atomic E-state index is 0.205. The minimum Gasteiger partial charge on any atom is -0.488 e. The summed E-state index contributed by atoms with van der Waals surface area (Å²) >= 11 is 0. The summed E-state index contributed by atoms with van der Waals surface area (Å²) in [5.41, 5.74) is 5.06. The second-order valence-electron chi connectivity index (χ2n) is 10.1. The van der Waals surface area contributed by atoms with Gasteiger partial charge in [-0.15, -0.1) is 0 Å². The average Bonchev–Trinajstić information content (AvgIpc) is 3.16. The van der Waals surface area contributed by atoms with E-state index in [4.69, 9.17) is 9.72 Å². The number of ether oxygens (including phenoxy) is 1. The summed E-state index contributed by atoms with van der Waals surface area (Å²) in [6.45, 7) is 10.2. The lowest BCUT2D eigenvalue weighted by molar-refractivity contribution is 0.131. The van der Waals surface area contributed by atoms with Gasteiger partial charge in [-0.25, -0.2) is 4.98 Å². The highest BCUT2D eigenvalue weighted by Gasteiger charge is 2.15. The number of rotatable bonds is 5. The molecule has 0 atom stereocenters. The first-order valence-corrected chi connectivity index (χ1v) is 12.3. The predicted octanol–water partition coefficient (Wildman–Crippen LogP) is 6.53. The zero-order chi connectivity index (χ0) is 26.2. The van der Waals surface area contributed by atoms with Gasteiger partial charge in [-0.1, -0.05) is 42.5 Å². The molecule has 6 heteroatoms. The Balaban J connectivity index is 1.56. The van der Waals surface area contributed by atoms with Crippen LogP contribution in [0.15, 0.2) is 94.8 Å². The molecule has 3 aromatic carbocycles. The van der Waals surface area contributed by atoms with E-state index in [0.29, 0.717) is 16.7 Å². The molecule has 37 heavy (non-hydrogen) atoms. The van der Waals surface area contributed by atoms with E-state index in [-0.39, 0.29) is 11.2 Å². The van der Waals surface area contributed by atoms with Gasteiger partial charge in [0, 0.05) is 28.2 Å². The molecule has 0 saturated heterocycles. The molecule has 0 bridgehead atoms. The van der Waals surface area contributed by atoms with Gasteiger partial charge < -0.3 is 9.30 Å². The second kappa shape index (κ2) is 9.54. The summed E-state index contributed by atoms with van der Waals surface area (Å²) in [4.78, 5) is 18.2. The fraction of sp³-hybridized carbons (Fsp3) is 0.194. The third-order valence-electron chi connectivity index (χ3n) is 6.09. The molecular weight excluding hydrogens is 460 g/mol. The molecule has 0 aliphatic heterocycles. The summed E-state index contributed by atoms with van der Waals surface area (Å²) in [6.07, 6.45) is 1.74. The van der Waals surface area contributed by atoms with E-state index in [9.17, 15) is 4.79 Å². The molecule has 5 rings (SSSR count). The topological polar surface area (TPSA) is 61.4 Å². The first-order chi connectivity index (χ1) is 17.7. The van der Waals surface area contributed by atoms with Crippen LogP contribution >= 0.6 is 0 Å². The Morgan fingerprint density at radius 1 is 0.892 bits per heavy atom. The maximum Gasteiger partial charge on any atom is 0.282 e. The van der Waals surface area contributed by atoms with Gasteiger partial charge in [0.25, 0.3) is 5.56 Å². The van der Waals surface area contributed by atoms with Crippen molar-refractivity contribution in [1.82, 2.24) is 14.2 Å². The molecule has 0 amide bonds. The van der Waals surface area contributed by atoms with Crippen LogP contribution in [0, 0.1) is 13.8 Å². The normalized spacial score (nSPS) is 11.9. The SMILES string of the molecule is Cc1cc(C=Nn2c(-c3ccccc3)nc3ccccc3c2=O)c(C)n1-c1ccc(OC(C)(C)C)cc1. The Kier molecular flexibility index (Phi) is 6.25. The molecular formula is C31H30N4O2. The monoisotopic (exact) mass is 490 g/mol. The van der Waals surface area contributed by atoms with Gasteiger partial charge in [0.2, 0.25) is 0 Å². The highest BCUT2D eigenvalue weighted by atomic mass is 16.5. The van der Waals surface area contributed by atoms with E-state index < -0.39 is 0 Å². The Labute approximate surface area is 216 Å². The van der Waals surface area contributed by atoms with Crippen LogP contribution in [-0.2, 0) is 0 Å². The Bertz CT molecular complexity index is 1650. The fourth-order valence-corrected chi connectivity index (χ4v) is 4.46. The zero-order valence-corrected chi connectivity index (χ0v) is 21.8. The number of fused-ring (bicyclic) bond motifs is 1. The first kappa shape index (κ1) is 24.3. The van der Waals surface area contributed by atoms with Crippen molar-refractivity contribution in [2.45, 2.75) is 40.2 Å². The summed E-state index contributed by atoms with van der Waals surface area (Å²) < 4.78 is 9.53. The molecule has 0 aliphatic rings. The standard InChI is InChI=1S/C31H30N4O2/c1-21-19-24(22(2)34(21)25-15-17-26(18-16-25)37-31(3,4)5)20-32-35-29(23-11-7-6-8-12-23)33-28-14-10-9-13-27(28)30(35)36/h6-20H,1-5H3. The Morgan fingerprint density at radius 3 is 2.27 bits per heavy atom. The number of aryl methyl sites for hydroxylation is 1. The number of nitrogens with zero attached hydrogens (tertiary/aromatic N) is 4. The van der Waals surface area contributed by atoms with E-state index in [1.165, 1.54) is 4.68 Å². The molecule has 6 nitrogen and oxygen atoms in total. The van der Waals surface area contributed by atoms with Crippen LogP contribution in [0.2, 0.25) is 0 Å².